The Bertz CT molecular complexity index is 1200. The van der Waals surface area contributed by atoms with E-state index in [-0.39, 0.29) is 29.3 Å². The number of likely N-dealkylation sites (tertiary alicyclic amines) is 1. The number of esters is 1. The molecule has 0 aliphatic carbocycles. The van der Waals surface area contributed by atoms with Crippen molar-refractivity contribution in [1.82, 2.24) is 15.2 Å². The van der Waals surface area contributed by atoms with Gasteiger partial charge in [-0.05, 0) is 13.0 Å². The molecule has 0 radical (unpaired) electrons. The van der Waals surface area contributed by atoms with Gasteiger partial charge in [-0.15, -0.1) is 11.3 Å². The minimum atomic E-state index is -3.25. The van der Waals surface area contributed by atoms with Crippen molar-refractivity contribution >= 4 is 29.1 Å². The number of aliphatic carboxylic acids is 1. The second-order valence-electron chi connectivity index (χ2n) is 7.94. The molecule has 0 spiro atoms. The fraction of sp³-hybridized carbons (Fsp3) is 0.364. The van der Waals surface area contributed by atoms with E-state index in [4.69, 9.17) is 4.74 Å². The van der Waals surface area contributed by atoms with Crippen LogP contribution in [0.3, 0.4) is 0 Å². The van der Waals surface area contributed by atoms with Crippen molar-refractivity contribution in [2.24, 2.45) is 4.99 Å². The largest absolute Gasteiger partial charge is 0.480 e. The van der Waals surface area contributed by atoms with Gasteiger partial charge in [-0.2, -0.15) is 0 Å². The molecule has 3 heterocycles. The maximum absolute atomic E-state index is 14.8. The minimum Gasteiger partial charge on any atom is -0.480 e. The zero-order chi connectivity index (χ0) is 25.3. The van der Waals surface area contributed by atoms with Crippen molar-refractivity contribution in [3.63, 3.8) is 0 Å². The van der Waals surface area contributed by atoms with Crippen molar-refractivity contribution < 1.29 is 37.0 Å². The predicted octanol–water partition coefficient (Wildman–Crippen LogP) is 3.12. The quantitative estimate of drug-likeness (QED) is 0.434. The Morgan fingerprint density at radius 3 is 2.74 bits per heavy atom. The molecule has 35 heavy (non-hydrogen) atoms. The summed E-state index contributed by atoms with van der Waals surface area (Å²) < 4.78 is 61.8. The lowest BCUT2D eigenvalue weighted by Crippen LogP contribution is -2.43. The molecule has 0 amide bonds. The molecule has 1 saturated heterocycles. The van der Waals surface area contributed by atoms with Crippen LogP contribution in [-0.2, 0) is 14.3 Å². The van der Waals surface area contributed by atoms with Gasteiger partial charge in [0.15, 0.2) is 10.8 Å². The molecule has 1 aromatic heterocycles. The van der Waals surface area contributed by atoms with E-state index < -0.39 is 61.1 Å². The number of carboxylic acid groups (broad SMARTS) is 1. The van der Waals surface area contributed by atoms with Crippen LogP contribution in [0.1, 0.15) is 30.0 Å². The summed E-state index contributed by atoms with van der Waals surface area (Å²) >= 11 is 1.18. The van der Waals surface area contributed by atoms with Crippen LogP contribution in [0.4, 0.5) is 17.6 Å². The van der Waals surface area contributed by atoms with Gasteiger partial charge in [0.25, 0.3) is 5.92 Å². The second-order valence-corrected chi connectivity index (χ2v) is 8.83. The molecular formula is C22H20F4N4O4S. The Kier molecular flexibility index (Phi) is 6.90. The number of nitrogens with zero attached hydrogens (tertiary/aromatic N) is 3. The third kappa shape index (κ3) is 5.20. The van der Waals surface area contributed by atoms with Gasteiger partial charge in [-0.3, -0.25) is 14.7 Å². The average molecular weight is 512 g/mol. The Hall–Kier alpha value is -3.32. The van der Waals surface area contributed by atoms with Crippen LogP contribution in [-0.4, -0.2) is 64.4 Å². The molecule has 2 aliphatic heterocycles. The molecule has 1 aromatic carbocycles. The van der Waals surface area contributed by atoms with Gasteiger partial charge in [0.1, 0.15) is 23.7 Å². The molecular weight excluding hydrogens is 492 g/mol. The van der Waals surface area contributed by atoms with Crippen molar-refractivity contribution in [2.45, 2.75) is 31.4 Å². The SMILES string of the molecule is CCOC(=O)C1=C(CN2CC(F)(F)C[C@H]2C(=O)O)NC(c2nccs2)=N[C@H]1c1ccc(F)cc1F. The first kappa shape index (κ1) is 24.8. The summed E-state index contributed by atoms with van der Waals surface area (Å²) in [5.74, 6) is -7.28. The van der Waals surface area contributed by atoms with Crippen LogP contribution in [0, 0.1) is 11.6 Å². The molecule has 13 heteroatoms. The number of aliphatic imine (C=N–C) groups is 1. The van der Waals surface area contributed by atoms with Crippen LogP contribution < -0.4 is 5.32 Å². The summed E-state index contributed by atoms with van der Waals surface area (Å²) in [7, 11) is 0. The fourth-order valence-electron chi connectivity index (χ4n) is 4.06. The first-order valence-electron chi connectivity index (χ1n) is 10.5. The summed E-state index contributed by atoms with van der Waals surface area (Å²) in [6.45, 7) is 0.236. The highest BCUT2D eigenvalue weighted by Gasteiger charge is 2.49. The molecule has 2 aliphatic rings. The van der Waals surface area contributed by atoms with E-state index in [1.165, 1.54) is 17.5 Å². The zero-order valence-corrected chi connectivity index (χ0v) is 19.1. The lowest BCUT2D eigenvalue weighted by Gasteiger charge is -2.30. The van der Waals surface area contributed by atoms with E-state index in [1.54, 1.807) is 12.3 Å². The van der Waals surface area contributed by atoms with Gasteiger partial charge in [0, 0.05) is 41.9 Å². The standard InChI is InChI=1S/C22H20F4N4O4S/c1-2-34-21(33)16-14(9-30-10-22(25,26)8-15(30)20(31)32)28-18(19-27-5-6-35-19)29-17(16)12-4-3-11(23)7-13(12)24/h3-7,15,17H,2,8-10H2,1H3,(H,28,29)(H,31,32)/t15-,17-/m0/s1. The number of aromatic nitrogens is 1. The monoisotopic (exact) mass is 512 g/mol. The van der Waals surface area contributed by atoms with Crippen LogP contribution in [0.2, 0.25) is 0 Å². The number of hydrogen-bond donors (Lipinski definition) is 2. The lowest BCUT2D eigenvalue weighted by molar-refractivity contribution is -0.142. The van der Waals surface area contributed by atoms with Gasteiger partial charge in [0.2, 0.25) is 0 Å². The number of halogens is 4. The highest BCUT2D eigenvalue weighted by Crippen LogP contribution is 2.37. The third-order valence-electron chi connectivity index (χ3n) is 5.53. The number of ether oxygens (including phenoxy) is 1. The van der Waals surface area contributed by atoms with E-state index in [2.05, 4.69) is 15.3 Å². The topological polar surface area (TPSA) is 104 Å². The number of carbonyl (C=O) groups excluding carboxylic acids is 1. The first-order chi connectivity index (χ1) is 16.6. The summed E-state index contributed by atoms with van der Waals surface area (Å²) in [5.41, 5.74) is -0.331. The maximum Gasteiger partial charge on any atom is 0.338 e. The van der Waals surface area contributed by atoms with Crippen molar-refractivity contribution in [1.29, 1.82) is 0 Å². The molecule has 1 fully saturated rings. The van der Waals surface area contributed by atoms with E-state index >= 15 is 0 Å². The van der Waals surface area contributed by atoms with Crippen LogP contribution in [0.5, 0.6) is 0 Å². The number of alkyl halides is 2. The number of carboxylic acids is 1. The van der Waals surface area contributed by atoms with Gasteiger partial charge >= 0.3 is 11.9 Å². The average Bonchev–Trinajstić information content (AvgIpc) is 3.41. The predicted molar refractivity (Wildman–Crippen MR) is 117 cm³/mol. The maximum atomic E-state index is 14.8. The van der Waals surface area contributed by atoms with Gasteiger partial charge in [-0.1, -0.05) is 6.07 Å². The Balaban J connectivity index is 1.84. The zero-order valence-electron chi connectivity index (χ0n) is 18.3. The van der Waals surface area contributed by atoms with E-state index in [0.29, 0.717) is 11.1 Å². The second kappa shape index (κ2) is 9.74. The van der Waals surface area contributed by atoms with Gasteiger partial charge in [0.05, 0.1) is 18.7 Å². The lowest BCUT2D eigenvalue weighted by atomic mass is 9.94. The minimum absolute atomic E-state index is 0.0151. The number of carbonyl (C=O) groups is 2. The Morgan fingerprint density at radius 2 is 2.11 bits per heavy atom. The molecule has 4 rings (SSSR count). The molecule has 0 bridgehead atoms. The van der Waals surface area contributed by atoms with Gasteiger partial charge in [-0.25, -0.2) is 27.3 Å². The summed E-state index contributed by atoms with van der Waals surface area (Å²) in [6.07, 6.45) is 0.594. The summed E-state index contributed by atoms with van der Waals surface area (Å²) in [6, 6.07) is -0.0602. The Morgan fingerprint density at radius 1 is 1.34 bits per heavy atom. The van der Waals surface area contributed by atoms with E-state index in [9.17, 15) is 32.3 Å². The van der Waals surface area contributed by atoms with Crippen molar-refractivity contribution in [2.75, 3.05) is 19.7 Å². The van der Waals surface area contributed by atoms with E-state index in [0.717, 1.165) is 17.0 Å². The molecule has 0 saturated carbocycles. The van der Waals surface area contributed by atoms with Gasteiger partial charge < -0.3 is 15.2 Å². The van der Waals surface area contributed by atoms with Crippen LogP contribution >= 0.6 is 11.3 Å². The number of hydrogen-bond acceptors (Lipinski definition) is 8. The first-order valence-corrected chi connectivity index (χ1v) is 11.4. The summed E-state index contributed by atoms with van der Waals surface area (Å²) in [4.78, 5) is 34.2. The Labute approximate surface area is 200 Å². The molecule has 8 nitrogen and oxygen atoms in total. The van der Waals surface area contributed by atoms with Crippen molar-refractivity contribution in [3.05, 3.63) is 63.3 Å². The molecule has 2 atom stereocenters. The third-order valence-corrected chi connectivity index (χ3v) is 6.31. The van der Waals surface area contributed by atoms with Crippen LogP contribution in [0.15, 0.2) is 46.0 Å². The molecule has 186 valence electrons. The highest BCUT2D eigenvalue weighted by atomic mass is 32.1. The highest BCUT2D eigenvalue weighted by molar-refractivity contribution is 7.11. The molecule has 0 unspecified atom stereocenters. The van der Waals surface area contributed by atoms with Crippen LogP contribution in [0.25, 0.3) is 0 Å². The van der Waals surface area contributed by atoms with Crippen molar-refractivity contribution in [3.8, 4) is 0 Å². The number of benzene rings is 1. The number of thiazole rings is 1. The van der Waals surface area contributed by atoms with E-state index in [1.807, 2.05) is 0 Å². The molecule has 2 N–H and O–H groups in total. The number of nitrogens with one attached hydrogen (secondary N) is 1. The normalized spacial score (nSPS) is 22.0. The number of rotatable bonds is 7. The number of amidine groups is 1. The fourth-order valence-corrected chi connectivity index (χ4v) is 4.65. The molecule has 2 aromatic rings. The smallest absolute Gasteiger partial charge is 0.338 e. The summed E-state index contributed by atoms with van der Waals surface area (Å²) in [5, 5.41) is 14.4.